The topological polar surface area (TPSA) is 45.7 Å². The third-order valence-corrected chi connectivity index (χ3v) is 7.09. The first-order chi connectivity index (χ1) is 16.7. The normalized spacial score (nSPS) is 14.0. The summed E-state index contributed by atoms with van der Waals surface area (Å²) in [5, 5.41) is 0.541. The third kappa shape index (κ3) is 6.05. The van der Waals surface area contributed by atoms with Gasteiger partial charge in [0.2, 0.25) is 5.91 Å². The smallest absolute Gasteiger partial charge is 0.233 e. The molecular weight excluding hydrogens is 485 g/mol. The Kier molecular flexibility index (Phi) is 8.46. The number of para-hydroxylation sites is 1. The van der Waals surface area contributed by atoms with E-state index in [-0.39, 0.29) is 30.6 Å². The summed E-state index contributed by atoms with van der Waals surface area (Å²) in [6, 6.07) is 23.2. The zero-order valence-electron chi connectivity index (χ0n) is 19.2. The van der Waals surface area contributed by atoms with Gasteiger partial charge in [-0.25, -0.2) is 9.37 Å². The fraction of sp³-hybridized carbons (Fsp3) is 0.259. The van der Waals surface area contributed by atoms with Gasteiger partial charge in [-0.05, 0) is 28.8 Å². The van der Waals surface area contributed by atoms with Crippen LogP contribution in [0.4, 0.5) is 9.52 Å². The molecule has 0 radical (unpaired) electrons. The van der Waals surface area contributed by atoms with Crippen LogP contribution in [0.15, 0.2) is 72.8 Å². The molecule has 5 rings (SSSR count). The van der Waals surface area contributed by atoms with Crippen LogP contribution in [-0.4, -0.2) is 55.2 Å². The van der Waals surface area contributed by atoms with Gasteiger partial charge < -0.3 is 4.74 Å². The van der Waals surface area contributed by atoms with E-state index < -0.39 is 0 Å². The van der Waals surface area contributed by atoms with E-state index in [0.29, 0.717) is 30.4 Å². The number of morpholine rings is 1. The Hall–Kier alpha value is -2.84. The highest BCUT2D eigenvalue weighted by Gasteiger charge is 2.22. The van der Waals surface area contributed by atoms with E-state index in [0.717, 1.165) is 41.0 Å². The molecule has 1 amide bonds. The third-order valence-electron chi connectivity index (χ3n) is 6.05. The molecule has 1 saturated heterocycles. The predicted molar refractivity (Wildman–Crippen MR) is 142 cm³/mol. The maximum atomic E-state index is 14.3. The molecule has 1 aromatic heterocycles. The molecule has 1 aliphatic rings. The number of hydrogen-bond donors (Lipinski definition) is 0. The molecule has 0 aliphatic carbocycles. The van der Waals surface area contributed by atoms with E-state index in [9.17, 15) is 9.18 Å². The summed E-state index contributed by atoms with van der Waals surface area (Å²) in [5.41, 5.74) is 3.51. The van der Waals surface area contributed by atoms with Crippen LogP contribution in [0.25, 0.3) is 21.3 Å². The summed E-state index contributed by atoms with van der Waals surface area (Å²) in [6.45, 7) is 4.32. The highest BCUT2D eigenvalue weighted by molar-refractivity contribution is 7.22. The molecule has 1 aliphatic heterocycles. The lowest BCUT2D eigenvalue weighted by atomic mass is 10.0. The minimum absolute atomic E-state index is 0. The van der Waals surface area contributed by atoms with Crippen molar-refractivity contribution in [1.82, 2.24) is 9.88 Å². The van der Waals surface area contributed by atoms with Crippen LogP contribution < -0.4 is 4.90 Å². The predicted octanol–water partition coefficient (Wildman–Crippen LogP) is 5.43. The van der Waals surface area contributed by atoms with Crippen LogP contribution >= 0.6 is 23.7 Å². The Labute approximate surface area is 214 Å². The molecule has 0 saturated carbocycles. The Balaban J connectivity index is 0.00000289. The molecule has 3 aromatic carbocycles. The fourth-order valence-corrected chi connectivity index (χ4v) is 5.15. The summed E-state index contributed by atoms with van der Waals surface area (Å²) in [4.78, 5) is 22.0. The second kappa shape index (κ2) is 11.7. The number of benzene rings is 3. The number of amides is 1. The lowest BCUT2D eigenvalue weighted by Crippen LogP contribution is -2.43. The molecule has 35 heavy (non-hydrogen) atoms. The van der Waals surface area contributed by atoms with Crippen molar-refractivity contribution in [3.05, 3.63) is 84.2 Å². The van der Waals surface area contributed by atoms with Gasteiger partial charge in [-0.2, -0.15) is 0 Å². The van der Waals surface area contributed by atoms with E-state index in [1.54, 1.807) is 11.0 Å². The van der Waals surface area contributed by atoms with E-state index in [4.69, 9.17) is 4.74 Å². The molecule has 5 nitrogen and oxygen atoms in total. The zero-order valence-corrected chi connectivity index (χ0v) is 20.9. The van der Waals surface area contributed by atoms with Gasteiger partial charge in [0.05, 0.1) is 24.3 Å². The summed E-state index contributed by atoms with van der Waals surface area (Å²) in [5.74, 6) is -0.405. The molecule has 182 valence electrons. The van der Waals surface area contributed by atoms with Gasteiger partial charge in [0.1, 0.15) is 11.3 Å². The minimum Gasteiger partial charge on any atom is -0.379 e. The average Bonchev–Trinajstić information content (AvgIpc) is 3.31. The van der Waals surface area contributed by atoms with Crippen molar-refractivity contribution in [1.29, 1.82) is 0 Å². The Bertz CT molecular complexity index is 1260. The first-order valence-corrected chi connectivity index (χ1v) is 12.3. The van der Waals surface area contributed by atoms with Crippen LogP contribution in [0, 0.1) is 5.82 Å². The fourth-order valence-electron chi connectivity index (χ4n) is 4.13. The van der Waals surface area contributed by atoms with Crippen LogP contribution in [-0.2, 0) is 16.0 Å². The van der Waals surface area contributed by atoms with Crippen LogP contribution in [0.5, 0.6) is 0 Å². The number of aromatic nitrogens is 1. The van der Waals surface area contributed by atoms with E-state index >= 15 is 0 Å². The number of rotatable bonds is 7. The van der Waals surface area contributed by atoms with Crippen molar-refractivity contribution in [2.75, 3.05) is 44.3 Å². The highest BCUT2D eigenvalue weighted by Crippen LogP contribution is 2.31. The van der Waals surface area contributed by atoms with Gasteiger partial charge in [-0.1, -0.05) is 72.0 Å². The SMILES string of the molecule is Cl.O=C(Cc1ccc(-c2ccccc2)cc1)N(CCN1CCOCC1)c1nc2c(F)cccc2s1. The van der Waals surface area contributed by atoms with Gasteiger partial charge in [0.15, 0.2) is 5.13 Å². The molecule has 0 atom stereocenters. The van der Waals surface area contributed by atoms with Crippen LogP contribution in [0.2, 0.25) is 0 Å². The quantitative estimate of drug-likeness (QED) is 0.332. The molecule has 0 N–H and O–H groups in total. The second-order valence-corrected chi connectivity index (χ2v) is 9.33. The van der Waals surface area contributed by atoms with Crippen molar-refractivity contribution >= 4 is 45.0 Å². The molecule has 2 heterocycles. The number of hydrogen-bond acceptors (Lipinski definition) is 5. The lowest BCUT2D eigenvalue weighted by molar-refractivity contribution is -0.118. The summed E-state index contributed by atoms with van der Waals surface area (Å²) >= 11 is 1.36. The summed E-state index contributed by atoms with van der Waals surface area (Å²) < 4.78 is 20.5. The molecule has 0 spiro atoms. The Morgan fingerprint density at radius 2 is 1.69 bits per heavy atom. The number of anilines is 1. The zero-order chi connectivity index (χ0) is 23.3. The van der Waals surface area contributed by atoms with Gasteiger partial charge in [0.25, 0.3) is 0 Å². The van der Waals surface area contributed by atoms with Gasteiger partial charge in [0, 0.05) is 26.2 Å². The van der Waals surface area contributed by atoms with E-state index in [1.165, 1.54) is 17.4 Å². The lowest BCUT2D eigenvalue weighted by Gasteiger charge is -2.29. The van der Waals surface area contributed by atoms with Crippen molar-refractivity contribution in [2.45, 2.75) is 6.42 Å². The van der Waals surface area contributed by atoms with Gasteiger partial charge >= 0.3 is 0 Å². The summed E-state index contributed by atoms with van der Waals surface area (Å²) in [6.07, 6.45) is 0.261. The number of nitrogens with zero attached hydrogens (tertiary/aromatic N) is 3. The molecule has 0 unspecified atom stereocenters. The molecule has 8 heteroatoms. The highest BCUT2D eigenvalue weighted by atomic mass is 35.5. The molecule has 1 fully saturated rings. The summed E-state index contributed by atoms with van der Waals surface area (Å²) in [7, 11) is 0. The number of fused-ring (bicyclic) bond motifs is 1. The minimum atomic E-state index is -0.364. The standard InChI is InChI=1S/C27H26FN3O2S.ClH/c28-23-7-4-8-24-26(23)29-27(34-24)31(14-13-30-15-17-33-18-16-30)25(32)19-20-9-11-22(12-10-20)21-5-2-1-3-6-21;/h1-12H,13-19H2;1H. The largest absolute Gasteiger partial charge is 0.379 e. The van der Waals surface area contributed by atoms with Crippen LogP contribution in [0.3, 0.4) is 0 Å². The number of ether oxygens (including phenoxy) is 1. The first kappa shape index (κ1) is 25.3. The van der Waals surface area contributed by atoms with E-state index in [1.807, 2.05) is 48.5 Å². The van der Waals surface area contributed by atoms with Crippen molar-refractivity contribution in [3.63, 3.8) is 0 Å². The van der Waals surface area contributed by atoms with Gasteiger partial charge in [-0.15, -0.1) is 12.4 Å². The number of carbonyl (C=O) groups excluding carboxylic acids is 1. The molecule has 4 aromatic rings. The first-order valence-electron chi connectivity index (χ1n) is 11.5. The monoisotopic (exact) mass is 511 g/mol. The number of thiazole rings is 1. The maximum absolute atomic E-state index is 14.3. The molecular formula is C27H27ClFN3O2S. The average molecular weight is 512 g/mol. The van der Waals surface area contributed by atoms with Crippen molar-refractivity contribution in [3.8, 4) is 11.1 Å². The maximum Gasteiger partial charge on any atom is 0.233 e. The molecule has 0 bridgehead atoms. The second-order valence-electron chi connectivity index (χ2n) is 8.32. The van der Waals surface area contributed by atoms with Crippen molar-refractivity contribution < 1.29 is 13.9 Å². The number of halogens is 2. The Morgan fingerprint density at radius 1 is 0.971 bits per heavy atom. The van der Waals surface area contributed by atoms with E-state index in [2.05, 4.69) is 22.0 Å². The number of carbonyl (C=O) groups is 1. The Morgan fingerprint density at radius 3 is 2.40 bits per heavy atom. The van der Waals surface area contributed by atoms with Crippen LogP contribution in [0.1, 0.15) is 5.56 Å². The van der Waals surface area contributed by atoms with Gasteiger partial charge in [-0.3, -0.25) is 14.6 Å². The van der Waals surface area contributed by atoms with Crippen molar-refractivity contribution in [2.24, 2.45) is 0 Å².